The predicted octanol–water partition coefficient (Wildman–Crippen LogP) is 5.04. The minimum absolute atomic E-state index is 0.0915. The zero-order valence-electron chi connectivity index (χ0n) is 17.6. The molecule has 3 rings (SSSR count). The normalized spacial score (nSPS) is 21.7. The van der Waals surface area contributed by atoms with Gasteiger partial charge in [-0.15, -0.1) is 0 Å². The van der Waals surface area contributed by atoms with Crippen LogP contribution in [0.3, 0.4) is 0 Å². The first-order chi connectivity index (χ1) is 13.4. The summed E-state index contributed by atoms with van der Waals surface area (Å²) in [4.78, 5) is 15.8. The van der Waals surface area contributed by atoms with Gasteiger partial charge in [0.05, 0.1) is 17.9 Å². The number of fused-ring (bicyclic) bond motifs is 3. The lowest BCUT2D eigenvalue weighted by atomic mass is 9.88. The Labute approximate surface area is 169 Å². The molecule has 8 heteroatoms. The molecule has 1 fully saturated rings. The molecule has 0 unspecified atom stereocenters. The van der Waals surface area contributed by atoms with Gasteiger partial charge in [-0.3, -0.25) is 0 Å². The molecule has 0 bridgehead atoms. The molecule has 29 heavy (non-hydrogen) atoms. The third kappa shape index (κ3) is 4.41. The number of carbonyl (C=O) groups excluding carboxylic acids is 1. The van der Waals surface area contributed by atoms with Crippen LogP contribution in [0.2, 0.25) is 0 Å². The van der Waals surface area contributed by atoms with E-state index in [9.17, 15) is 18.0 Å². The first kappa shape index (κ1) is 21.6. The van der Waals surface area contributed by atoms with Crippen LogP contribution in [0.4, 0.5) is 23.7 Å². The molecule has 1 amide bonds. The summed E-state index contributed by atoms with van der Waals surface area (Å²) >= 11 is 0. The SMILES string of the molecule is CCCOc1cc2c(c(C(F)(F)F)c1)N(C)[C@@H]1CCN(C(=O)OC(C)(C)C)C[C@H]21. The molecule has 1 aromatic rings. The number of nitrogens with zero attached hydrogens (tertiary/aromatic N) is 2. The molecule has 2 aliphatic rings. The molecule has 0 N–H and O–H groups in total. The molecule has 1 saturated heterocycles. The van der Waals surface area contributed by atoms with Gasteiger partial charge in [0.25, 0.3) is 0 Å². The van der Waals surface area contributed by atoms with Crippen LogP contribution in [0, 0.1) is 0 Å². The van der Waals surface area contributed by atoms with Gasteiger partial charge in [0.15, 0.2) is 0 Å². The summed E-state index contributed by atoms with van der Waals surface area (Å²) in [6.45, 7) is 8.42. The molecule has 0 radical (unpaired) electrons. The second-order valence-corrected chi connectivity index (χ2v) is 8.75. The largest absolute Gasteiger partial charge is 0.494 e. The van der Waals surface area contributed by atoms with E-state index in [1.54, 1.807) is 43.7 Å². The Morgan fingerprint density at radius 2 is 1.93 bits per heavy atom. The molecule has 2 aliphatic heterocycles. The first-order valence-electron chi connectivity index (χ1n) is 10.0. The third-order valence-corrected chi connectivity index (χ3v) is 5.37. The van der Waals surface area contributed by atoms with Crippen molar-refractivity contribution in [2.75, 3.05) is 31.6 Å². The Morgan fingerprint density at radius 1 is 1.24 bits per heavy atom. The number of likely N-dealkylation sites (tertiary alicyclic amines) is 1. The van der Waals surface area contributed by atoms with Crippen molar-refractivity contribution in [1.29, 1.82) is 0 Å². The van der Waals surface area contributed by atoms with Gasteiger partial charge in [-0.2, -0.15) is 13.2 Å². The number of ether oxygens (including phenoxy) is 2. The van der Waals surface area contributed by atoms with Crippen LogP contribution in [0.1, 0.15) is 57.6 Å². The Kier molecular flexibility index (Phi) is 5.66. The molecule has 0 aromatic heterocycles. The molecule has 0 saturated carbocycles. The summed E-state index contributed by atoms with van der Waals surface area (Å²) in [6.07, 6.45) is -3.63. The number of halogens is 3. The highest BCUT2D eigenvalue weighted by molar-refractivity contribution is 5.72. The second-order valence-electron chi connectivity index (χ2n) is 8.75. The highest BCUT2D eigenvalue weighted by Gasteiger charge is 2.47. The summed E-state index contributed by atoms with van der Waals surface area (Å²) in [5.74, 6) is 0.00362. The van der Waals surface area contributed by atoms with E-state index >= 15 is 0 Å². The number of likely N-dealkylation sites (N-methyl/N-ethyl adjacent to an activating group) is 1. The Bertz CT molecular complexity index is 774. The third-order valence-electron chi connectivity index (χ3n) is 5.37. The topological polar surface area (TPSA) is 42.0 Å². The van der Waals surface area contributed by atoms with Crippen molar-refractivity contribution in [3.63, 3.8) is 0 Å². The summed E-state index contributed by atoms with van der Waals surface area (Å²) in [5, 5.41) is 0. The van der Waals surface area contributed by atoms with Gasteiger partial charge in [-0.1, -0.05) is 6.92 Å². The van der Waals surface area contributed by atoms with E-state index in [0.717, 1.165) is 6.07 Å². The first-order valence-corrected chi connectivity index (χ1v) is 10.0. The number of alkyl halides is 3. The number of benzene rings is 1. The molecule has 1 aromatic carbocycles. The van der Waals surface area contributed by atoms with E-state index in [1.165, 1.54) is 0 Å². The quantitative estimate of drug-likeness (QED) is 0.695. The number of carbonyl (C=O) groups is 1. The molecule has 0 aliphatic carbocycles. The van der Waals surface area contributed by atoms with Gasteiger partial charge in [-0.05, 0) is 51.3 Å². The molecule has 5 nitrogen and oxygen atoms in total. The molecular weight excluding hydrogens is 385 g/mol. The molecular formula is C21H29F3N2O3. The molecule has 2 atom stereocenters. The average molecular weight is 414 g/mol. The van der Waals surface area contributed by atoms with E-state index in [-0.39, 0.29) is 23.4 Å². The Hall–Kier alpha value is -2.12. The monoisotopic (exact) mass is 414 g/mol. The number of anilines is 1. The Morgan fingerprint density at radius 3 is 2.52 bits per heavy atom. The zero-order valence-corrected chi connectivity index (χ0v) is 17.6. The standard InChI is InChI=1S/C21H29F3N2O3/c1-6-9-28-13-10-14-15-12-26(19(27)29-20(2,3)4)8-7-17(15)25(5)18(14)16(11-13)21(22,23)24/h10-11,15,17H,6-9,12H2,1-5H3/t15-,17-/m1/s1. The van der Waals surface area contributed by atoms with Crippen LogP contribution < -0.4 is 9.64 Å². The van der Waals surface area contributed by atoms with Crippen LogP contribution in [-0.2, 0) is 10.9 Å². The Balaban J connectivity index is 1.96. The fourth-order valence-corrected chi connectivity index (χ4v) is 4.19. The minimum atomic E-state index is -4.48. The van der Waals surface area contributed by atoms with E-state index in [4.69, 9.17) is 9.47 Å². The number of piperidine rings is 1. The summed E-state index contributed by atoms with van der Waals surface area (Å²) in [7, 11) is 1.70. The second kappa shape index (κ2) is 7.61. The summed E-state index contributed by atoms with van der Waals surface area (Å²) in [5.41, 5.74) is -0.515. The van der Waals surface area contributed by atoms with Crippen LogP contribution in [0.15, 0.2) is 12.1 Å². The van der Waals surface area contributed by atoms with Crippen LogP contribution >= 0.6 is 0 Å². The van der Waals surface area contributed by atoms with Crippen molar-refractivity contribution in [3.05, 3.63) is 23.3 Å². The highest BCUT2D eigenvalue weighted by atomic mass is 19.4. The van der Waals surface area contributed by atoms with Crippen molar-refractivity contribution in [1.82, 2.24) is 4.90 Å². The summed E-state index contributed by atoms with van der Waals surface area (Å²) in [6, 6.07) is 2.71. The molecule has 162 valence electrons. The van der Waals surface area contributed by atoms with Crippen LogP contribution in [0.5, 0.6) is 5.75 Å². The maximum absolute atomic E-state index is 13.8. The van der Waals surface area contributed by atoms with E-state index < -0.39 is 23.4 Å². The van der Waals surface area contributed by atoms with Gasteiger partial charge in [0.2, 0.25) is 0 Å². The average Bonchev–Trinajstić information content (AvgIpc) is 2.89. The van der Waals surface area contributed by atoms with Crippen LogP contribution in [0.25, 0.3) is 0 Å². The number of hydrogen-bond donors (Lipinski definition) is 0. The van der Waals surface area contributed by atoms with Crippen molar-refractivity contribution < 1.29 is 27.4 Å². The number of amides is 1. The number of hydrogen-bond acceptors (Lipinski definition) is 4. The maximum Gasteiger partial charge on any atom is 0.418 e. The van der Waals surface area contributed by atoms with E-state index in [0.29, 0.717) is 38.1 Å². The van der Waals surface area contributed by atoms with Gasteiger partial charge in [0, 0.05) is 32.1 Å². The highest BCUT2D eigenvalue weighted by Crippen LogP contribution is 2.51. The lowest BCUT2D eigenvalue weighted by Gasteiger charge is -2.38. The smallest absolute Gasteiger partial charge is 0.418 e. The number of rotatable bonds is 3. The predicted molar refractivity (Wildman–Crippen MR) is 105 cm³/mol. The summed E-state index contributed by atoms with van der Waals surface area (Å²) < 4.78 is 52.5. The van der Waals surface area contributed by atoms with Gasteiger partial charge < -0.3 is 19.3 Å². The fraction of sp³-hybridized carbons (Fsp3) is 0.667. The lowest BCUT2D eigenvalue weighted by molar-refractivity contribution is -0.137. The fourth-order valence-electron chi connectivity index (χ4n) is 4.19. The molecule has 0 spiro atoms. The van der Waals surface area contributed by atoms with E-state index in [2.05, 4.69) is 0 Å². The van der Waals surface area contributed by atoms with Crippen LogP contribution in [-0.4, -0.2) is 49.4 Å². The minimum Gasteiger partial charge on any atom is -0.494 e. The van der Waals surface area contributed by atoms with Crippen molar-refractivity contribution in [2.24, 2.45) is 0 Å². The maximum atomic E-state index is 13.8. The zero-order chi connectivity index (χ0) is 21.6. The van der Waals surface area contributed by atoms with Gasteiger partial charge in [0.1, 0.15) is 11.4 Å². The van der Waals surface area contributed by atoms with E-state index in [1.807, 2.05) is 6.92 Å². The van der Waals surface area contributed by atoms with Gasteiger partial charge >= 0.3 is 12.3 Å². The lowest BCUT2D eigenvalue weighted by Crippen LogP contribution is -2.48. The van der Waals surface area contributed by atoms with Crippen molar-refractivity contribution in [2.45, 2.75) is 64.3 Å². The van der Waals surface area contributed by atoms with Crippen molar-refractivity contribution >= 4 is 11.8 Å². The van der Waals surface area contributed by atoms with Crippen molar-refractivity contribution in [3.8, 4) is 5.75 Å². The molecule has 2 heterocycles. The van der Waals surface area contributed by atoms with Gasteiger partial charge in [-0.25, -0.2) is 4.79 Å².